The molecule has 9 nitrogen and oxygen atoms in total. The fraction of sp³-hybridized carbons (Fsp3) is 0.462. The van der Waals surface area contributed by atoms with Crippen molar-refractivity contribution in [2.24, 2.45) is 5.92 Å². The van der Waals surface area contributed by atoms with Crippen LogP contribution >= 0.6 is 9.24 Å². The van der Waals surface area contributed by atoms with Gasteiger partial charge in [0.2, 0.25) is 5.91 Å². The number of ether oxygens (including phenoxy) is 1. The minimum Gasteiger partial charge on any atom is -0.444 e. The van der Waals surface area contributed by atoms with Crippen molar-refractivity contribution < 1.29 is 14.3 Å². The molecule has 0 radical (unpaired) electrons. The molecule has 2 fully saturated rings. The number of nitrogens with one attached hydrogen (secondary N) is 1. The van der Waals surface area contributed by atoms with E-state index in [1.807, 2.05) is 33.0 Å². The summed E-state index contributed by atoms with van der Waals surface area (Å²) in [5, 5.41) is 8.50. The molecule has 2 aliphatic rings. The van der Waals surface area contributed by atoms with Gasteiger partial charge in [0.15, 0.2) is 5.65 Å². The van der Waals surface area contributed by atoms with E-state index in [-0.39, 0.29) is 17.9 Å². The fourth-order valence-corrected chi connectivity index (χ4v) is 5.12. The van der Waals surface area contributed by atoms with E-state index >= 15 is 0 Å². The third kappa shape index (κ3) is 4.89. The van der Waals surface area contributed by atoms with E-state index in [0.717, 1.165) is 25.2 Å². The minimum absolute atomic E-state index is 0.149. The average molecular weight is 509 g/mol. The third-order valence-electron chi connectivity index (χ3n) is 6.73. The van der Waals surface area contributed by atoms with Gasteiger partial charge in [-0.25, -0.2) is 14.3 Å². The van der Waals surface area contributed by atoms with E-state index in [1.165, 1.54) is 16.4 Å². The fourth-order valence-electron chi connectivity index (χ4n) is 4.84. The Morgan fingerprint density at radius 2 is 1.97 bits per heavy atom. The Kier molecular flexibility index (Phi) is 6.37. The first-order valence-electron chi connectivity index (χ1n) is 12.3. The van der Waals surface area contributed by atoms with Gasteiger partial charge < -0.3 is 19.9 Å². The number of anilines is 2. The van der Waals surface area contributed by atoms with Gasteiger partial charge in [-0.1, -0.05) is 12.1 Å². The molecule has 1 aromatic carbocycles. The SMILES string of the molecule is Cc1ccc(P)cc1C1CCCN1c1ccn2ncc(NC(=O)C3CN(C(=O)OC(C)(C)C)C3)c2n1. The molecule has 1 N–H and O–H groups in total. The summed E-state index contributed by atoms with van der Waals surface area (Å²) in [5.41, 5.74) is 3.21. The topological polar surface area (TPSA) is 92.1 Å². The van der Waals surface area contributed by atoms with Crippen molar-refractivity contribution in [1.82, 2.24) is 19.5 Å². The number of nitrogens with zero attached hydrogens (tertiary/aromatic N) is 5. The van der Waals surface area contributed by atoms with Crippen LogP contribution in [-0.2, 0) is 9.53 Å². The Balaban J connectivity index is 1.30. The molecule has 3 aromatic rings. The molecular weight excluding hydrogens is 475 g/mol. The van der Waals surface area contributed by atoms with E-state index in [4.69, 9.17) is 9.72 Å². The van der Waals surface area contributed by atoms with Gasteiger partial charge in [0.05, 0.1) is 18.2 Å². The van der Waals surface area contributed by atoms with Crippen LogP contribution in [0.5, 0.6) is 0 Å². The lowest BCUT2D eigenvalue weighted by Gasteiger charge is -2.38. The first-order valence-corrected chi connectivity index (χ1v) is 12.9. The number of aromatic nitrogens is 3. The standard InChI is InChI=1S/C26H33N6O3P/c1-16-7-8-18(36)12-19(16)21-6-5-10-31(21)22-9-11-32-23(29-22)20(13-27-32)28-24(33)17-14-30(15-17)25(34)35-26(2,3)4/h7-9,11-13,17,21H,5-6,10,14-15,36H2,1-4H3,(H,28,33). The lowest BCUT2D eigenvalue weighted by atomic mass is 9.99. The van der Waals surface area contributed by atoms with Crippen molar-refractivity contribution in [3.05, 3.63) is 47.8 Å². The maximum absolute atomic E-state index is 12.9. The second-order valence-corrected chi connectivity index (χ2v) is 11.3. The highest BCUT2D eigenvalue weighted by atomic mass is 31.0. The number of benzene rings is 1. The van der Waals surface area contributed by atoms with E-state index in [1.54, 1.807) is 15.6 Å². The largest absolute Gasteiger partial charge is 0.444 e. The van der Waals surface area contributed by atoms with E-state index in [2.05, 4.69) is 49.7 Å². The lowest BCUT2D eigenvalue weighted by molar-refractivity contribution is -0.124. The molecule has 190 valence electrons. The molecule has 2 saturated heterocycles. The zero-order chi connectivity index (χ0) is 25.6. The van der Waals surface area contributed by atoms with Crippen LogP contribution in [0.2, 0.25) is 0 Å². The van der Waals surface area contributed by atoms with Gasteiger partial charge in [0, 0.05) is 25.8 Å². The van der Waals surface area contributed by atoms with Crippen molar-refractivity contribution >= 4 is 43.7 Å². The van der Waals surface area contributed by atoms with Gasteiger partial charge in [0.1, 0.15) is 17.1 Å². The summed E-state index contributed by atoms with van der Waals surface area (Å²) in [5.74, 6) is 0.430. The third-order valence-corrected chi connectivity index (χ3v) is 7.08. The average Bonchev–Trinajstić information content (AvgIpc) is 3.40. The maximum atomic E-state index is 12.9. The van der Waals surface area contributed by atoms with Crippen LogP contribution in [0.25, 0.3) is 5.65 Å². The van der Waals surface area contributed by atoms with Gasteiger partial charge in [-0.15, -0.1) is 9.24 Å². The molecule has 0 aliphatic carbocycles. The van der Waals surface area contributed by atoms with Crippen molar-refractivity contribution in [3.8, 4) is 0 Å². The number of likely N-dealkylation sites (tertiary alicyclic amines) is 1. The second-order valence-electron chi connectivity index (χ2n) is 10.7. The highest BCUT2D eigenvalue weighted by Crippen LogP contribution is 2.37. The molecule has 0 bridgehead atoms. The van der Waals surface area contributed by atoms with E-state index < -0.39 is 11.7 Å². The molecule has 2 aromatic heterocycles. The zero-order valence-electron chi connectivity index (χ0n) is 21.2. The summed E-state index contributed by atoms with van der Waals surface area (Å²) in [6.45, 7) is 9.23. The molecule has 10 heteroatoms. The number of rotatable bonds is 4. The highest BCUT2D eigenvalue weighted by Gasteiger charge is 2.38. The van der Waals surface area contributed by atoms with Crippen molar-refractivity contribution in [2.45, 2.75) is 52.2 Å². The summed E-state index contributed by atoms with van der Waals surface area (Å²) in [7, 11) is 2.79. The Morgan fingerprint density at radius 1 is 1.19 bits per heavy atom. The first kappa shape index (κ1) is 24.5. The summed E-state index contributed by atoms with van der Waals surface area (Å²) >= 11 is 0. The number of fused-ring (bicyclic) bond motifs is 1. The van der Waals surface area contributed by atoms with Crippen molar-refractivity contribution in [2.75, 3.05) is 29.9 Å². The van der Waals surface area contributed by atoms with Crippen molar-refractivity contribution in [1.29, 1.82) is 0 Å². The molecule has 36 heavy (non-hydrogen) atoms. The molecule has 4 heterocycles. The summed E-state index contributed by atoms with van der Waals surface area (Å²) in [4.78, 5) is 33.8. The van der Waals surface area contributed by atoms with Gasteiger partial charge in [-0.05, 0) is 69.1 Å². The van der Waals surface area contributed by atoms with Crippen molar-refractivity contribution in [3.63, 3.8) is 0 Å². The number of hydrogen-bond acceptors (Lipinski definition) is 6. The van der Waals surface area contributed by atoms with Gasteiger partial charge in [-0.3, -0.25) is 4.79 Å². The lowest BCUT2D eigenvalue weighted by Crippen LogP contribution is -2.55. The smallest absolute Gasteiger partial charge is 0.410 e. The summed E-state index contributed by atoms with van der Waals surface area (Å²) in [6, 6.07) is 8.76. The molecule has 2 aliphatic heterocycles. The number of carbonyl (C=O) groups is 2. The van der Waals surface area contributed by atoms with E-state index in [0.29, 0.717) is 24.4 Å². The molecule has 5 rings (SSSR count). The predicted octanol–water partition coefficient (Wildman–Crippen LogP) is 3.69. The summed E-state index contributed by atoms with van der Waals surface area (Å²) < 4.78 is 7.05. The molecule has 0 saturated carbocycles. The van der Waals surface area contributed by atoms with Gasteiger partial charge >= 0.3 is 6.09 Å². The quantitative estimate of drug-likeness (QED) is 0.541. The summed E-state index contributed by atoms with van der Waals surface area (Å²) in [6.07, 6.45) is 5.28. The zero-order valence-corrected chi connectivity index (χ0v) is 22.3. The molecule has 2 amide bonds. The molecular formula is C26H33N6O3P. The van der Waals surface area contributed by atoms with Crippen LogP contribution in [0.1, 0.15) is 50.8 Å². The van der Waals surface area contributed by atoms with Gasteiger partial charge in [0.25, 0.3) is 0 Å². The molecule has 2 atom stereocenters. The van der Waals surface area contributed by atoms with Crippen LogP contribution in [0.4, 0.5) is 16.3 Å². The van der Waals surface area contributed by atoms with Crippen LogP contribution in [0.3, 0.4) is 0 Å². The van der Waals surface area contributed by atoms with Crippen LogP contribution in [0.15, 0.2) is 36.7 Å². The van der Waals surface area contributed by atoms with Gasteiger partial charge in [-0.2, -0.15) is 5.10 Å². The number of amides is 2. The monoisotopic (exact) mass is 508 g/mol. The number of carbonyl (C=O) groups excluding carboxylic acids is 2. The Labute approximate surface area is 213 Å². The van der Waals surface area contributed by atoms with Crippen LogP contribution in [-0.4, -0.2) is 56.7 Å². The number of aryl methyl sites for hydroxylation is 1. The minimum atomic E-state index is -0.559. The number of hydrogen-bond donors (Lipinski definition) is 1. The maximum Gasteiger partial charge on any atom is 0.410 e. The highest BCUT2D eigenvalue weighted by molar-refractivity contribution is 7.27. The Hall–Kier alpha value is -3.19. The van der Waals surface area contributed by atoms with Crippen LogP contribution in [0, 0.1) is 12.8 Å². The van der Waals surface area contributed by atoms with Crippen LogP contribution < -0.4 is 15.5 Å². The molecule has 2 unspecified atom stereocenters. The Morgan fingerprint density at radius 3 is 2.72 bits per heavy atom. The molecule has 0 spiro atoms. The normalized spacial score (nSPS) is 18.4. The van der Waals surface area contributed by atoms with E-state index in [9.17, 15) is 9.59 Å². The second kappa shape index (κ2) is 9.36. The Bertz CT molecular complexity index is 1310. The predicted molar refractivity (Wildman–Crippen MR) is 143 cm³/mol. The first-order chi connectivity index (χ1) is 17.1.